The summed E-state index contributed by atoms with van der Waals surface area (Å²) >= 11 is 0. The van der Waals surface area contributed by atoms with Gasteiger partial charge in [-0.05, 0) is 37.1 Å². The maximum absolute atomic E-state index is 12.7. The number of hydrogen-bond acceptors (Lipinski definition) is 7. The van der Waals surface area contributed by atoms with Crippen LogP contribution in [0.25, 0.3) is 0 Å². The van der Waals surface area contributed by atoms with E-state index in [4.69, 9.17) is 14.2 Å². The summed E-state index contributed by atoms with van der Waals surface area (Å²) in [5.74, 6) is 0.680. The minimum Gasteiger partial charge on any atom is -0.480 e. The number of carbonyl (C=O) groups is 2. The lowest BCUT2D eigenvalue weighted by Gasteiger charge is -2.32. The highest BCUT2D eigenvalue weighted by Crippen LogP contribution is 2.20. The number of esters is 1. The van der Waals surface area contributed by atoms with Crippen molar-refractivity contribution in [2.75, 3.05) is 20.2 Å². The third-order valence-electron chi connectivity index (χ3n) is 4.12. The molecule has 1 aliphatic heterocycles. The van der Waals surface area contributed by atoms with Crippen LogP contribution in [0.2, 0.25) is 0 Å². The molecule has 1 amide bonds. The molecule has 142 valence electrons. The molecule has 1 aliphatic rings. The average molecular weight is 371 g/mol. The molecule has 8 heteroatoms. The predicted molar refractivity (Wildman–Crippen MR) is 95.9 cm³/mol. The van der Waals surface area contributed by atoms with Crippen LogP contribution in [0.1, 0.15) is 30.1 Å². The van der Waals surface area contributed by atoms with Crippen molar-refractivity contribution in [1.29, 1.82) is 0 Å². The summed E-state index contributed by atoms with van der Waals surface area (Å²) in [6.07, 6.45) is 4.53. The summed E-state index contributed by atoms with van der Waals surface area (Å²) in [5.41, 5.74) is 0.535. The number of carbonyl (C=O) groups excluding carboxylic acids is 2. The number of amides is 1. The smallest absolute Gasteiger partial charge is 0.308 e. The lowest BCUT2D eigenvalue weighted by atomic mass is 10.1. The molecule has 1 fully saturated rings. The fourth-order valence-electron chi connectivity index (χ4n) is 2.89. The first-order valence-electron chi connectivity index (χ1n) is 8.65. The van der Waals surface area contributed by atoms with E-state index in [-0.39, 0.29) is 12.0 Å². The summed E-state index contributed by atoms with van der Waals surface area (Å²) in [6, 6.07) is 6.52. The van der Waals surface area contributed by atoms with Crippen molar-refractivity contribution in [2.24, 2.45) is 0 Å². The van der Waals surface area contributed by atoms with E-state index in [1.165, 1.54) is 26.4 Å². The second kappa shape index (κ2) is 8.48. The molecule has 1 saturated heterocycles. The Labute approximate surface area is 157 Å². The van der Waals surface area contributed by atoms with E-state index in [0.717, 1.165) is 12.8 Å². The molecule has 0 spiro atoms. The fraction of sp³-hybridized carbons (Fsp3) is 0.368. The second-order valence-electron chi connectivity index (χ2n) is 6.15. The van der Waals surface area contributed by atoms with Gasteiger partial charge < -0.3 is 19.1 Å². The van der Waals surface area contributed by atoms with E-state index in [0.29, 0.717) is 36.2 Å². The lowest BCUT2D eigenvalue weighted by molar-refractivity contribution is -0.131. The summed E-state index contributed by atoms with van der Waals surface area (Å²) in [6.45, 7) is 2.46. The molecule has 1 aromatic carbocycles. The molecule has 0 N–H and O–H groups in total. The molecule has 2 aromatic rings. The number of piperidine rings is 1. The van der Waals surface area contributed by atoms with Gasteiger partial charge in [-0.25, -0.2) is 0 Å². The number of aromatic nitrogens is 2. The van der Waals surface area contributed by atoms with Crippen molar-refractivity contribution in [3.05, 3.63) is 42.2 Å². The molecule has 0 bridgehead atoms. The summed E-state index contributed by atoms with van der Waals surface area (Å²) in [7, 11) is 1.52. The summed E-state index contributed by atoms with van der Waals surface area (Å²) in [5, 5.41) is 0. The van der Waals surface area contributed by atoms with E-state index in [1.807, 2.05) is 0 Å². The predicted octanol–water partition coefficient (Wildman–Crippen LogP) is 2.09. The Hall–Kier alpha value is -3.16. The average Bonchev–Trinajstić information content (AvgIpc) is 2.68. The summed E-state index contributed by atoms with van der Waals surface area (Å²) < 4.78 is 15.9. The first kappa shape index (κ1) is 18.6. The first-order valence-corrected chi connectivity index (χ1v) is 8.65. The number of likely N-dealkylation sites (tertiary alicyclic amines) is 1. The minimum absolute atomic E-state index is 0.0885. The molecule has 0 saturated carbocycles. The fourth-order valence-corrected chi connectivity index (χ4v) is 2.89. The highest BCUT2D eigenvalue weighted by Gasteiger charge is 2.26. The van der Waals surface area contributed by atoms with Gasteiger partial charge in [0.2, 0.25) is 11.8 Å². The van der Waals surface area contributed by atoms with Crippen LogP contribution in [-0.4, -0.2) is 53.0 Å². The van der Waals surface area contributed by atoms with Crippen molar-refractivity contribution in [3.63, 3.8) is 0 Å². The van der Waals surface area contributed by atoms with Crippen LogP contribution in [0.4, 0.5) is 0 Å². The second-order valence-corrected chi connectivity index (χ2v) is 6.15. The molecule has 0 radical (unpaired) electrons. The number of nitrogens with zero attached hydrogens (tertiary/aromatic N) is 3. The number of rotatable bonds is 5. The summed E-state index contributed by atoms with van der Waals surface area (Å²) in [4.78, 5) is 33.7. The van der Waals surface area contributed by atoms with Crippen molar-refractivity contribution >= 4 is 11.9 Å². The van der Waals surface area contributed by atoms with Crippen LogP contribution in [0, 0.1) is 0 Å². The maximum atomic E-state index is 12.7. The van der Waals surface area contributed by atoms with E-state index in [9.17, 15) is 9.59 Å². The van der Waals surface area contributed by atoms with E-state index in [1.54, 1.807) is 29.2 Å². The molecule has 2 heterocycles. The Balaban J connectivity index is 1.62. The molecule has 1 atom stereocenters. The standard InChI is InChI=1S/C19H21N3O5/c1-13(23)26-15-7-5-14(6-8-15)19(24)22-9-3-4-16(12-22)27-18-11-20-10-17(21-18)25-2/h5-8,10-11,16H,3-4,9,12H2,1-2H3. The molecule has 1 unspecified atom stereocenters. The molecular weight excluding hydrogens is 350 g/mol. The molecule has 1 aromatic heterocycles. The monoisotopic (exact) mass is 371 g/mol. The van der Waals surface area contributed by atoms with Gasteiger partial charge >= 0.3 is 5.97 Å². The van der Waals surface area contributed by atoms with Crippen LogP contribution in [-0.2, 0) is 4.79 Å². The minimum atomic E-state index is -0.397. The zero-order valence-electron chi connectivity index (χ0n) is 15.3. The van der Waals surface area contributed by atoms with Gasteiger partial charge in [-0.2, -0.15) is 4.98 Å². The highest BCUT2D eigenvalue weighted by molar-refractivity contribution is 5.94. The van der Waals surface area contributed by atoms with Gasteiger partial charge in [-0.1, -0.05) is 0 Å². The Morgan fingerprint density at radius 1 is 1.15 bits per heavy atom. The zero-order valence-corrected chi connectivity index (χ0v) is 15.3. The lowest BCUT2D eigenvalue weighted by Crippen LogP contribution is -2.44. The van der Waals surface area contributed by atoms with Gasteiger partial charge in [0.15, 0.2) is 0 Å². The molecule has 27 heavy (non-hydrogen) atoms. The Kier molecular flexibility index (Phi) is 5.85. The quantitative estimate of drug-likeness (QED) is 0.587. The van der Waals surface area contributed by atoms with Crippen molar-refractivity contribution in [3.8, 4) is 17.5 Å². The molecule has 8 nitrogen and oxygen atoms in total. The Bertz CT molecular complexity index is 809. The zero-order chi connectivity index (χ0) is 19.2. The van der Waals surface area contributed by atoms with Crippen LogP contribution >= 0.6 is 0 Å². The molecular formula is C19H21N3O5. The molecule has 0 aliphatic carbocycles. The van der Waals surface area contributed by atoms with Gasteiger partial charge in [0, 0.05) is 19.0 Å². The largest absolute Gasteiger partial charge is 0.480 e. The van der Waals surface area contributed by atoms with Crippen LogP contribution < -0.4 is 14.2 Å². The Morgan fingerprint density at radius 3 is 2.59 bits per heavy atom. The van der Waals surface area contributed by atoms with E-state index in [2.05, 4.69) is 9.97 Å². The van der Waals surface area contributed by atoms with Crippen LogP contribution in [0.5, 0.6) is 17.5 Å². The van der Waals surface area contributed by atoms with Gasteiger partial charge in [0.1, 0.15) is 11.9 Å². The maximum Gasteiger partial charge on any atom is 0.308 e. The number of hydrogen-bond donors (Lipinski definition) is 0. The van der Waals surface area contributed by atoms with E-state index >= 15 is 0 Å². The normalized spacial score (nSPS) is 16.5. The van der Waals surface area contributed by atoms with Crippen molar-refractivity contribution in [2.45, 2.75) is 25.9 Å². The SMILES string of the molecule is COc1cncc(OC2CCCN(C(=O)c3ccc(OC(C)=O)cc3)C2)n1. The number of ether oxygens (including phenoxy) is 3. The van der Waals surface area contributed by atoms with Gasteiger partial charge in [0.05, 0.1) is 26.0 Å². The van der Waals surface area contributed by atoms with Crippen LogP contribution in [0.15, 0.2) is 36.7 Å². The third-order valence-corrected chi connectivity index (χ3v) is 4.12. The number of benzene rings is 1. The first-order chi connectivity index (χ1) is 13.0. The van der Waals surface area contributed by atoms with Crippen molar-refractivity contribution < 1.29 is 23.8 Å². The van der Waals surface area contributed by atoms with Gasteiger partial charge in [0.25, 0.3) is 5.91 Å². The number of methoxy groups -OCH3 is 1. The van der Waals surface area contributed by atoms with E-state index < -0.39 is 5.97 Å². The topological polar surface area (TPSA) is 90.9 Å². The van der Waals surface area contributed by atoms with Crippen LogP contribution in [0.3, 0.4) is 0 Å². The highest BCUT2D eigenvalue weighted by atomic mass is 16.5. The Morgan fingerprint density at radius 2 is 1.89 bits per heavy atom. The van der Waals surface area contributed by atoms with Crippen molar-refractivity contribution in [1.82, 2.24) is 14.9 Å². The molecule has 3 rings (SSSR count). The van der Waals surface area contributed by atoms with Gasteiger partial charge in [-0.15, -0.1) is 0 Å². The third kappa shape index (κ3) is 4.93. The van der Waals surface area contributed by atoms with Gasteiger partial charge in [-0.3, -0.25) is 14.6 Å².